The molecule has 0 radical (unpaired) electrons. The molecule has 0 saturated carbocycles. The van der Waals surface area contributed by atoms with E-state index < -0.39 is 0 Å². The maximum Gasteiger partial charge on any atom is 0.243 e. The molecule has 8 nitrogen and oxygen atoms in total. The van der Waals surface area contributed by atoms with Gasteiger partial charge in [-0.3, -0.25) is 4.98 Å². The first-order chi connectivity index (χ1) is 13.7. The van der Waals surface area contributed by atoms with Gasteiger partial charge in [0.1, 0.15) is 23.4 Å². The van der Waals surface area contributed by atoms with Gasteiger partial charge in [0.25, 0.3) is 0 Å². The summed E-state index contributed by atoms with van der Waals surface area (Å²) in [6.45, 7) is 8.00. The van der Waals surface area contributed by atoms with Gasteiger partial charge in [0.05, 0.1) is 31.4 Å². The van der Waals surface area contributed by atoms with Crippen molar-refractivity contribution in [2.24, 2.45) is 0 Å². The van der Waals surface area contributed by atoms with E-state index in [-0.39, 0.29) is 5.28 Å². The van der Waals surface area contributed by atoms with Gasteiger partial charge < -0.3 is 14.6 Å². The molecule has 0 aliphatic rings. The summed E-state index contributed by atoms with van der Waals surface area (Å²) in [6.07, 6.45) is 8.67. The lowest BCUT2D eigenvalue weighted by Gasteiger charge is -2.05. The minimum atomic E-state index is 0.151. The lowest BCUT2D eigenvalue weighted by Crippen LogP contribution is -2.01. The number of methoxy groups -OCH3 is 1. The molecule has 4 aromatic rings. The van der Waals surface area contributed by atoms with Crippen LogP contribution in [-0.4, -0.2) is 36.2 Å². The Bertz CT molecular complexity index is 1010. The smallest absolute Gasteiger partial charge is 0.243 e. The van der Waals surface area contributed by atoms with E-state index >= 15 is 0 Å². The van der Waals surface area contributed by atoms with Crippen LogP contribution in [-0.2, 0) is 0 Å². The number of aromatic nitrogens is 6. The Morgan fingerprint density at radius 3 is 2.68 bits per heavy atom. The number of hydrogen-bond acceptors (Lipinski definition) is 6. The number of ether oxygens (including phenoxy) is 1. The molecule has 28 heavy (non-hydrogen) atoms. The molecular formula is C19H24ClN7O. The van der Waals surface area contributed by atoms with Crippen LogP contribution in [0.4, 0.5) is 11.6 Å². The van der Waals surface area contributed by atoms with E-state index in [4.69, 9.17) is 16.3 Å². The highest BCUT2D eigenvalue weighted by Crippen LogP contribution is 2.21. The topological polar surface area (TPSA) is 82.2 Å². The quantitative estimate of drug-likeness (QED) is 0.530. The maximum absolute atomic E-state index is 5.95. The minimum Gasteiger partial charge on any atom is -0.495 e. The third-order valence-electron chi connectivity index (χ3n) is 3.43. The fraction of sp³-hybridized carbons (Fsp3) is 0.263. The highest BCUT2D eigenvalue weighted by Gasteiger charge is 2.09. The van der Waals surface area contributed by atoms with Crippen LogP contribution in [0.15, 0.2) is 49.3 Å². The molecule has 0 unspecified atom stereocenters. The van der Waals surface area contributed by atoms with Gasteiger partial charge in [-0.1, -0.05) is 27.7 Å². The lowest BCUT2D eigenvalue weighted by molar-refractivity contribution is 0.412. The fourth-order valence-corrected chi connectivity index (χ4v) is 2.48. The van der Waals surface area contributed by atoms with Gasteiger partial charge in [0.2, 0.25) is 5.28 Å². The highest BCUT2D eigenvalue weighted by atomic mass is 35.5. The zero-order valence-corrected chi connectivity index (χ0v) is 17.3. The zero-order chi connectivity index (χ0) is 20.5. The molecule has 4 rings (SSSR count). The summed E-state index contributed by atoms with van der Waals surface area (Å²) in [6, 6.07) is 5.62. The van der Waals surface area contributed by atoms with Crippen molar-refractivity contribution >= 4 is 28.8 Å². The molecule has 9 heteroatoms. The van der Waals surface area contributed by atoms with Crippen molar-refractivity contribution in [3.63, 3.8) is 0 Å². The molecule has 4 aromatic heterocycles. The molecule has 0 spiro atoms. The number of hydrogen-bond donors (Lipinski definition) is 1. The Kier molecular flexibility index (Phi) is 7.76. The minimum absolute atomic E-state index is 0.151. The largest absolute Gasteiger partial charge is 0.495 e. The third kappa shape index (κ3) is 4.77. The summed E-state index contributed by atoms with van der Waals surface area (Å²) in [5.74, 6) is 1.87. The normalized spacial score (nSPS) is 9.79. The van der Waals surface area contributed by atoms with Crippen molar-refractivity contribution in [3.05, 3.63) is 54.6 Å². The van der Waals surface area contributed by atoms with Crippen LogP contribution in [0.3, 0.4) is 0 Å². The second-order valence-electron chi connectivity index (χ2n) is 4.94. The van der Waals surface area contributed by atoms with Crippen LogP contribution in [0.5, 0.6) is 5.75 Å². The summed E-state index contributed by atoms with van der Waals surface area (Å²) in [5.41, 5.74) is 1.64. The molecule has 0 saturated heterocycles. The van der Waals surface area contributed by atoms with Crippen LogP contribution in [0.25, 0.3) is 11.2 Å². The molecule has 0 fully saturated rings. The van der Waals surface area contributed by atoms with Crippen molar-refractivity contribution in [1.82, 2.24) is 29.1 Å². The molecular weight excluding hydrogens is 378 g/mol. The number of imidazole rings is 1. The molecule has 0 aromatic carbocycles. The van der Waals surface area contributed by atoms with Crippen LogP contribution in [0, 0.1) is 0 Å². The molecule has 0 aliphatic heterocycles. The molecule has 0 atom stereocenters. The van der Waals surface area contributed by atoms with E-state index in [9.17, 15) is 0 Å². The fourth-order valence-electron chi connectivity index (χ4n) is 2.31. The van der Waals surface area contributed by atoms with Gasteiger partial charge in [-0.2, -0.15) is 4.98 Å². The standard InChI is InChI=1S/C15H12ClN7O.2C2H6/c1-24-11-5-10(6-17-7-11)22-8-13(18-9-22)19-14-12-3-2-4-23(12)21-15(16)20-14;2*1-2/h2-9H,1H3,(H,19,20,21);2*1-2H3. The van der Waals surface area contributed by atoms with E-state index in [1.165, 1.54) is 0 Å². The second-order valence-corrected chi connectivity index (χ2v) is 5.28. The second kappa shape index (κ2) is 10.3. The van der Waals surface area contributed by atoms with Crippen LogP contribution in [0.2, 0.25) is 5.28 Å². The van der Waals surface area contributed by atoms with Crippen molar-refractivity contribution in [3.8, 4) is 11.4 Å². The Morgan fingerprint density at radius 1 is 1.14 bits per heavy atom. The van der Waals surface area contributed by atoms with Gasteiger partial charge in [-0.25, -0.2) is 9.50 Å². The number of fused-ring (bicyclic) bond motifs is 1. The summed E-state index contributed by atoms with van der Waals surface area (Å²) >= 11 is 5.95. The van der Waals surface area contributed by atoms with Crippen molar-refractivity contribution < 1.29 is 4.74 Å². The number of halogens is 1. The van der Waals surface area contributed by atoms with Gasteiger partial charge in [-0.15, -0.1) is 5.10 Å². The predicted molar refractivity (Wildman–Crippen MR) is 112 cm³/mol. The molecule has 0 aliphatic carbocycles. The number of anilines is 2. The van der Waals surface area contributed by atoms with Gasteiger partial charge >= 0.3 is 0 Å². The summed E-state index contributed by atoms with van der Waals surface area (Å²) in [5, 5.41) is 7.40. The van der Waals surface area contributed by atoms with Crippen molar-refractivity contribution in [1.29, 1.82) is 0 Å². The molecule has 1 N–H and O–H groups in total. The number of rotatable bonds is 4. The first-order valence-corrected chi connectivity index (χ1v) is 9.42. The Labute approximate surface area is 169 Å². The summed E-state index contributed by atoms with van der Waals surface area (Å²) in [7, 11) is 1.60. The van der Waals surface area contributed by atoms with Gasteiger partial charge in [0, 0.05) is 12.3 Å². The molecule has 4 heterocycles. The Morgan fingerprint density at radius 2 is 1.93 bits per heavy atom. The van der Waals surface area contributed by atoms with Crippen LogP contribution in [0.1, 0.15) is 27.7 Å². The molecule has 0 amide bonds. The summed E-state index contributed by atoms with van der Waals surface area (Å²) < 4.78 is 8.67. The maximum atomic E-state index is 5.95. The van der Waals surface area contributed by atoms with E-state index in [1.807, 2.05) is 56.7 Å². The summed E-state index contributed by atoms with van der Waals surface area (Å²) in [4.78, 5) is 12.7. The van der Waals surface area contributed by atoms with Gasteiger partial charge in [-0.05, 0) is 23.7 Å². The molecule has 0 bridgehead atoms. The lowest BCUT2D eigenvalue weighted by atomic mass is 10.4. The van der Waals surface area contributed by atoms with Crippen LogP contribution >= 0.6 is 11.6 Å². The van der Waals surface area contributed by atoms with E-state index in [1.54, 1.807) is 36.5 Å². The third-order valence-corrected chi connectivity index (χ3v) is 3.59. The Hall–Kier alpha value is -3.13. The molecule has 148 valence electrons. The van der Waals surface area contributed by atoms with Crippen LogP contribution < -0.4 is 10.1 Å². The van der Waals surface area contributed by atoms with E-state index in [0.29, 0.717) is 17.4 Å². The number of nitrogens with one attached hydrogen (secondary N) is 1. The average molecular weight is 402 g/mol. The first kappa shape index (κ1) is 21.2. The first-order valence-electron chi connectivity index (χ1n) is 9.04. The number of nitrogens with zero attached hydrogens (tertiary/aromatic N) is 6. The SMILES string of the molecule is CC.CC.COc1cncc(-n2cnc(Nc3nc(Cl)nn4cccc34)c2)c1. The van der Waals surface area contributed by atoms with E-state index in [2.05, 4.69) is 25.4 Å². The average Bonchev–Trinajstić information content (AvgIpc) is 3.40. The highest BCUT2D eigenvalue weighted by molar-refractivity contribution is 6.28. The van der Waals surface area contributed by atoms with Gasteiger partial charge in [0.15, 0.2) is 5.82 Å². The Balaban J connectivity index is 0.000000660. The van der Waals surface area contributed by atoms with Crippen molar-refractivity contribution in [2.75, 3.05) is 12.4 Å². The zero-order valence-electron chi connectivity index (χ0n) is 16.6. The van der Waals surface area contributed by atoms with Crippen molar-refractivity contribution in [2.45, 2.75) is 27.7 Å². The van der Waals surface area contributed by atoms with E-state index in [0.717, 1.165) is 11.2 Å². The predicted octanol–water partition coefficient (Wildman–Crippen LogP) is 4.77. The number of pyridine rings is 1. The monoisotopic (exact) mass is 401 g/mol.